The molecule has 0 aromatic heterocycles. The minimum absolute atomic E-state index is 0.272. The molecule has 1 aromatic rings. The molecule has 0 saturated heterocycles. The molecule has 0 saturated carbocycles. The summed E-state index contributed by atoms with van der Waals surface area (Å²) in [5.74, 6) is 0. The summed E-state index contributed by atoms with van der Waals surface area (Å²) >= 11 is 0. The first-order valence-electron chi connectivity index (χ1n) is 6.29. The molecule has 17 heavy (non-hydrogen) atoms. The highest BCUT2D eigenvalue weighted by Crippen LogP contribution is 2.22. The predicted molar refractivity (Wildman–Crippen MR) is 76.8 cm³/mol. The van der Waals surface area contributed by atoms with Crippen molar-refractivity contribution in [3.05, 3.63) is 29.8 Å². The van der Waals surface area contributed by atoms with Crippen LogP contribution in [0.15, 0.2) is 24.3 Å². The van der Waals surface area contributed by atoms with Crippen LogP contribution in [0.4, 0.5) is 5.69 Å². The van der Waals surface area contributed by atoms with Gasteiger partial charge in [-0.25, -0.2) is 0 Å². The highest BCUT2D eigenvalue weighted by molar-refractivity contribution is 5.46. The Kier molecular flexibility index (Phi) is 4.58. The van der Waals surface area contributed by atoms with E-state index in [0.717, 1.165) is 6.54 Å². The Labute approximate surface area is 106 Å². The second-order valence-electron chi connectivity index (χ2n) is 5.92. The Morgan fingerprint density at radius 3 is 2.12 bits per heavy atom. The minimum Gasteiger partial charge on any atom is -0.373 e. The lowest BCUT2D eigenvalue weighted by molar-refractivity contribution is 0.285. The molecule has 1 unspecified atom stereocenters. The van der Waals surface area contributed by atoms with Crippen molar-refractivity contribution in [1.82, 2.24) is 5.32 Å². The Bertz CT molecular complexity index is 335. The molecule has 1 rings (SSSR count). The fraction of sp³-hybridized carbons (Fsp3) is 0.600. The minimum atomic E-state index is 0.272. The average Bonchev–Trinajstić information content (AvgIpc) is 2.24. The number of benzene rings is 1. The van der Waals surface area contributed by atoms with Gasteiger partial charge in [0.05, 0.1) is 0 Å². The molecule has 96 valence electrons. The zero-order chi connectivity index (χ0) is 13.1. The summed E-state index contributed by atoms with van der Waals surface area (Å²) in [7, 11) is 4.19. The number of hydrogen-bond donors (Lipinski definition) is 1. The number of nitrogens with one attached hydrogen (secondary N) is 1. The summed E-state index contributed by atoms with van der Waals surface area (Å²) in [6.45, 7) is 9.96. The molecule has 2 heteroatoms. The van der Waals surface area contributed by atoms with Crippen LogP contribution >= 0.6 is 0 Å². The lowest BCUT2D eigenvalue weighted by Gasteiger charge is -2.34. The molecule has 0 aliphatic carbocycles. The first-order valence-corrected chi connectivity index (χ1v) is 6.29. The maximum atomic E-state index is 3.41. The Hall–Kier alpha value is -1.02. The van der Waals surface area contributed by atoms with Gasteiger partial charge < -0.3 is 10.2 Å². The molecule has 0 radical (unpaired) electrons. The average molecular weight is 234 g/mol. The van der Waals surface area contributed by atoms with Gasteiger partial charge in [-0.15, -0.1) is 0 Å². The zero-order valence-corrected chi connectivity index (χ0v) is 12.0. The molecule has 0 bridgehead atoms. The van der Waals surface area contributed by atoms with Crippen LogP contribution < -0.4 is 10.2 Å². The van der Waals surface area contributed by atoms with Gasteiger partial charge in [0.25, 0.3) is 0 Å². The number of hydrogen-bond acceptors (Lipinski definition) is 2. The van der Waals surface area contributed by atoms with Crippen LogP contribution in [0.5, 0.6) is 0 Å². The molecular weight excluding hydrogens is 208 g/mol. The molecule has 0 heterocycles. The third-order valence-corrected chi connectivity index (χ3v) is 3.33. The van der Waals surface area contributed by atoms with Crippen LogP contribution in [0.3, 0.4) is 0 Å². The maximum Gasteiger partial charge on any atom is 0.0364 e. The molecule has 1 atom stereocenters. The van der Waals surface area contributed by atoms with Gasteiger partial charge in [0, 0.05) is 25.3 Å². The number of aryl methyl sites for hydroxylation is 1. The van der Waals surface area contributed by atoms with Crippen LogP contribution in [-0.4, -0.2) is 26.7 Å². The fourth-order valence-corrected chi connectivity index (χ4v) is 1.98. The first kappa shape index (κ1) is 14.0. The largest absolute Gasteiger partial charge is 0.373 e. The molecule has 0 fully saturated rings. The molecule has 0 aliphatic heterocycles. The second kappa shape index (κ2) is 5.54. The quantitative estimate of drug-likeness (QED) is 0.861. The Morgan fingerprint density at radius 1 is 1.18 bits per heavy atom. The smallest absolute Gasteiger partial charge is 0.0364 e. The van der Waals surface area contributed by atoms with Gasteiger partial charge in [-0.1, -0.05) is 38.5 Å². The van der Waals surface area contributed by atoms with Crippen molar-refractivity contribution in [3.8, 4) is 0 Å². The van der Waals surface area contributed by atoms with Crippen molar-refractivity contribution in [2.24, 2.45) is 5.41 Å². The molecule has 0 amide bonds. The van der Waals surface area contributed by atoms with Crippen molar-refractivity contribution in [2.75, 3.05) is 25.5 Å². The number of anilines is 1. The van der Waals surface area contributed by atoms with Crippen LogP contribution in [0.25, 0.3) is 0 Å². The SMILES string of the molecule is CNC(CN(C)c1ccc(C)cc1)C(C)(C)C. The van der Waals surface area contributed by atoms with E-state index < -0.39 is 0 Å². The van der Waals surface area contributed by atoms with Crippen LogP contribution in [0.2, 0.25) is 0 Å². The van der Waals surface area contributed by atoms with E-state index in [1.807, 2.05) is 7.05 Å². The van der Waals surface area contributed by atoms with Gasteiger partial charge in [-0.05, 0) is 31.5 Å². The van der Waals surface area contributed by atoms with Gasteiger partial charge >= 0.3 is 0 Å². The molecule has 0 spiro atoms. The highest BCUT2D eigenvalue weighted by Gasteiger charge is 2.24. The van der Waals surface area contributed by atoms with Crippen molar-refractivity contribution in [3.63, 3.8) is 0 Å². The van der Waals surface area contributed by atoms with E-state index in [4.69, 9.17) is 0 Å². The van der Waals surface area contributed by atoms with Crippen LogP contribution in [0, 0.1) is 12.3 Å². The summed E-state index contributed by atoms with van der Waals surface area (Å²) in [4.78, 5) is 2.31. The van der Waals surface area contributed by atoms with Crippen LogP contribution in [0.1, 0.15) is 26.3 Å². The number of rotatable bonds is 4. The summed E-state index contributed by atoms with van der Waals surface area (Å²) in [5.41, 5.74) is 2.86. The highest BCUT2D eigenvalue weighted by atomic mass is 15.1. The van der Waals surface area contributed by atoms with E-state index in [1.54, 1.807) is 0 Å². The maximum absolute atomic E-state index is 3.41. The number of likely N-dealkylation sites (N-methyl/N-ethyl adjacent to an activating group) is 2. The third kappa shape index (κ3) is 4.04. The third-order valence-electron chi connectivity index (χ3n) is 3.33. The first-order chi connectivity index (χ1) is 7.84. The van der Waals surface area contributed by atoms with Crippen molar-refractivity contribution < 1.29 is 0 Å². The lowest BCUT2D eigenvalue weighted by Crippen LogP contribution is -2.46. The van der Waals surface area contributed by atoms with Gasteiger partial charge in [0.15, 0.2) is 0 Å². The summed E-state index contributed by atoms with van der Waals surface area (Å²) < 4.78 is 0. The van der Waals surface area contributed by atoms with Gasteiger partial charge in [-0.3, -0.25) is 0 Å². The van der Waals surface area contributed by atoms with Crippen molar-refractivity contribution >= 4 is 5.69 Å². The van der Waals surface area contributed by atoms with Crippen molar-refractivity contribution in [1.29, 1.82) is 0 Å². The van der Waals surface area contributed by atoms with Gasteiger partial charge in [-0.2, -0.15) is 0 Å². The fourth-order valence-electron chi connectivity index (χ4n) is 1.98. The van der Waals surface area contributed by atoms with E-state index >= 15 is 0 Å². The summed E-state index contributed by atoms with van der Waals surface area (Å²) in [6, 6.07) is 9.18. The van der Waals surface area contributed by atoms with E-state index in [0.29, 0.717) is 6.04 Å². The lowest BCUT2D eigenvalue weighted by atomic mass is 9.86. The molecule has 1 aromatic carbocycles. The normalized spacial score (nSPS) is 13.5. The standard InChI is InChI=1S/C15H26N2/c1-12-7-9-13(10-8-12)17(6)11-14(16-5)15(2,3)4/h7-10,14,16H,11H2,1-6H3. The van der Waals surface area contributed by atoms with E-state index in [1.165, 1.54) is 11.3 Å². The van der Waals surface area contributed by atoms with E-state index in [9.17, 15) is 0 Å². The monoisotopic (exact) mass is 234 g/mol. The second-order valence-corrected chi connectivity index (χ2v) is 5.92. The van der Waals surface area contributed by atoms with Gasteiger partial charge in [0.1, 0.15) is 0 Å². The zero-order valence-electron chi connectivity index (χ0n) is 12.0. The van der Waals surface area contributed by atoms with E-state index in [2.05, 4.69) is 69.2 Å². The Balaban J connectivity index is 2.71. The topological polar surface area (TPSA) is 15.3 Å². The van der Waals surface area contributed by atoms with Crippen molar-refractivity contribution in [2.45, 2.75) is 33.7 Å². The molecular formula is C15H26N2. The predicted octanol–water partition coefficient (Wildman–Crippen LogP) is 3.07. The molecule has 1 N–H and O–H groups in total. The van der Waals surface area contributed by atoms with Crippen LogP contribution in [-0.2, 0) is 0 Å². The van der Waals surface area contributed by atoms with E-state index in [-0.39, 0.29) is 5.41 Å². The number of nitrogens with zero attached hydrogens (tertiary/aromatic N) is 1. The van der Waals surface area contributed by atoms with Gasteiger partial charge in [0.2, 0.25) is 0 Å². The molecule has 2 nitrogen and oxygen atoms in total. The summed E-state index contributed by atoms with van der Waals surface area (Å²) in [5, 5.41) is 3.41. The summed E-state index contributed by atoms with van der Waals surface area (Å²) in [6.07, 6.45) is 0. The molecule has 0 aliphatic rings. The Morgan fingerprint density at radius 2 is 1.71 bits per heavy atom.